The smallest absolute Gasteiger partial charge is 0.143 e. The third kappa shape index (κ3) is 2.78. The molecule has 0 rings (SSSR count). The second-order valence-corrected chi connectivity index (χ2v) is 0.264. The van der Waals surface area contributed by atoms with Gasteiger partial charge in [-0.2, -0.15) is 0 Å². The summed E-state index contributed by atoms with van der Waals surface area (Å²) in [6.45, 7) is 11.6. The lowest BCUT2D eigenvalue weighted by Crippen LogP contribution is -1.42. The Bertz CT molecular complexity index is 72.8. The van der Waals surface area contributed by atoms with E-state index in [1.54, 1.807) is 0 Å². The normalized spacial score (nSPS) is 3.60. The fraction of sp³-hybridized carbons (Fsp3) is 0. The van der Waals surface area contributed by atoms with Gasteiger partial charge in [0.15, 0.2) is 4.94 Å². The van der Waals surface area contributed by atoms with E-state index < -0.39 is 0 Å². The van der Waals surface area contributed by atoms with Gasteiger partial charge in [-0.3, -0.25) is 0 Å². The van der Waals surface area contributed by atoms with Crippen LogP contribution in [0.25, 0.3) is 10.0 Å². The molecule has 3 nitrogen and oxygen atoms in total. The van der Waals surface area contributed by atoms with Crippen molar-refractivity contribution in [1.82, 2.24) is 0 Å². The Morgan fingerprint density at radius 1 is 1.20 bits per heavy atom. The molecule has 0 saturated heterocycles. The quantitative estimate of drug-likeness (QED) is 0.301. The first-order chi connectivity index (χ1) is 2.41. The maximum atomic E-state index is 5.79. The minimum absolute atomic E-state index is 2.25. The summed E-state index contributed by atoms with van der Waals surface area (Å²) < 4.78 is 0. The minimum Gasteiger partial charge on any atom is -0.143 e. The molecular formula is C2N2O. The van der Waals surface area contributed by atoms with E-state index in [2.05, 4.69) is 15.0 Å². The summed E-state index contributed by atoms with van der Waals surface area (Å²) >= 11 is 0. The van der Waals surface area contributed by atoms with Crippen molar-refractivity contribution in [2.24, 2.45) is 0 Å². The van der Waals surface area contributed by atoms with Crippen molar-refractivity contribution in [1.29, 1.82) is 0 Å². The van der Waals surface area contributed by atoms with E-state index in [1.807, 2.05) is 0 Å². The number of rotatable bonds is 0. The highest BCUT2D eigenvalue weighted by atomic mass is 16.7. The zero-order valence-corrected chi connectivity index (χ0v) is 2.30. The van der Waals surface area contributed by atoms with Gasteiger partial charge in [-0.15, -0.1) is 13.1 Å². The Morgan fingerprint density at radius 2 is 1.60 bits per heavy atom. The molecule has 0 aliphatic carbocycles. The Morgan fingerprint density at radius 3 is 1.60 bits per heavy atom. The largest absolute Gasteiger partial charge is 0.193 e. The zero-order valence-electron chi connectivity index (χ0n) is 2.30. The average molecular weight is 68.0 g/mol. The van der Waals surface area contributed by atoms with Gasteiger partial charge < -0.3 is 0 Å². The molecule has 0 N–H and O–H groups in total. The lowest BCUT2D eigenvalue weighted by molar-refractivity contribution is 0.385. The van der Waals surface area contributed by atoms with E-state index >= 15 is 0 Å². The molecule has 0 aliphatic rings. The molecule has 0 radical (unpaired) electrons. The molecule has 0 spiro atoms. The molecule has 0 bridgehead atoms. The van der Waals surface area contributed by atoms with Crippen molar-refractivity contribution >= 4 is 0 Å². The first-order valence-corrected chi connectivity index (χ1v) is 0.812. The molecule has 0 atom stereocenters. The highest BCUT2D eigenvalue weighted by Crippen LogP contribution is 1.66. The summed E-state index contributed by atoms with van der Waals surface area (Å²) in [7, 11) is 0. The first kappa shape index (κ1) is 3.78. The van der Waals surface area contributed by atoms with Crippen LogP contribution in [-0.4, -0.2) is 0 Å². The third-order valence-electron chi connectivity index (χ3n) is 0.0816. The van der Waals surface area contributed by atoms with Gasteiger partial charge in [-0.05, 0) is 0 Å². The molecule has 0 saturated carbocycles. The van der Waals surface area contributed by atoms with Crippen LogP contribution in [0.2, 0.25) is 0 Å². The molecule has 3 heteroatoms. The van der Waals surface area contributed by atoms with E-state index in [4.69, 9.17) is 13.1 Å². The van der Waals surface area contributed by atoms with Gasteiger partial charge in [0.1, 0.15) is 0 Å². The van der Waals surface area contributed by atoms with Crippen LogP contribution in [0.3, 0.4) is 0 Å². The number of nitrogens with zero attached hydrogens (tertiary/aromatic N) is 2. The highest BCUT2D eigenvalue weighted by molar-refractivity contribution is 4.30. The fourth-order valence-corrected chi connectivity index (χ4v) is 0.0204. The van der Waals surface area contributed by atoms with Crippen molar-refractivity contribution in [2.45, 2.75) is 0 Å². The number of hydrogen-bond acceptors (Lipinski definition) is 1. The molecule has 24 valence electrons. The summed E-state index contributed by atoms with van der Waals surface area (Å²) in [6, 6.07) is 0. The summed E-state index contributed by atoms with van der Waals surface area (Å²) in [5, 5.41) is 4.50. The zero-order chi connectivity index (χ0) is 4.12. The van der Waals surface area contributed by atoms with Crippen molar-refractivity contribution in [2.75, 3.05) is 0 Å². The Hall–Kier alpha value is -1.22. The maximum Gasteiger partial charge on any atom is 0.193 e. The van der Waals surface area contributed by atoms with Gasteiger partial charge in [0.25, 0.3) is 0 Å². The van der Waals surface area contributed by atoms with E-state index in [1.165, 1.54) is 0 Å². The molecule has 0 aromatic rings. The van der Waals surface area contributed by atoms with Gasteiger partial charge in [-0.1, -0.05) is 0 Å². The third-order valence-corrected chi connectivity index (χ3v) is 0.0816. The average Bonchev–Trinajstić information content (AvgIpc) is 1.41. The Balaban J connectivity index is 2.86. The second kappa shape index (κ2) is 2.78. The van der Waals surface area contributed by atoms with E-state index in [9.17, 15) is 0 Å². The molecule has 5 heavy (non-hydrogen) atoms. The van der Waals surface area contributed by atoms with Crippen LogP contribution in [0, 0.1) is 13.1 Å². The van der Waals surface area contributed by atoms with Crippen LogP contribution in [-0.2, 0) is 4.94 Å². The molecule has 0 heterocycles. The molecule has 0 aromatic heterocycles. The maximum absolute atomic E-state index is 5.79. The van der Waals surface area contributed by atoms with Crippen LogP contribution in [0.4, 0.5) is 0 Å². The minimum atomic E-state index is 2.25. The monoisotopic (exact) mass is 68.0 g/mol. The standard InChI is InChI=1S/C2N2O/c1-3-5-4-2. The van der Waals surface area contributed by atoms with Crippen molar-refractivity contribution in [3.8, 4) is 0 Å². The molecule has 0 amide bonds. The summed E-state index contributed by atoms with van der Waals surface area (Å²) in [4.78, 5) is 3.42. The van der Waals surface area contributed by atoms with E-state index in [0.717, 1.165) is 0 Å². The summed E-state index contributed by atoms with van der Waals surface area (Å²) in [6.07, 6.45) is 0. The SMILES string of the molecule is [C-]#[N+]O[N+]#[C-]. The van der Waals surface area contributed by atoms with Gasteiger partial charge >= 0.3 is 0 Å². The van der Waals surface area contributed by atoms with Gasteiger partial charge in [-0.25, -0.2) is 0 Å². The Labute approximate surface area is 29.3 Å². The predicted molar refractivity (Wildman–Crippen MR) is 14.3 cm³/mol. The van der Waals surface area contributed by atoms with Crippen molar-refractivity contribution in [3.63, 3.8) is 0 Å². The fourth-order valence-electron chi connectivity index (χ4n) is 0.0204. The molecule has 0 fully saturated rings. The lowest BCUT2D eigenvalue weighted by Gasteiger charge is -1.44. The number of hydrogen-bond donors (Lipinski definition) is 0. The van der Waals surface area contributed by atoms with Crippen molar-refractivity contribution < 1.29 is 4.94 Å². The Kier molecular flexibility index (Phi) is 2.10. The molecule has 0 aliphatic heterocycles. The van der Waals surface area contributed by atoms with E-state index in [-0.39, 0.29) is 0 Å². The van der Waals surface area contributed by atoms with Gasteiger partial charge in [0, 0.05) is 10.0 Å². The lowest BCUT2D eigenvalue weighted by atomic mass is 11.8. The van der Waals surface area contributed by atoms with Crippen LogP contribution in [0.15, 0.2) is 0 Å². The van der Waals surface area contributed by atoms with Crippen LogP contribution >= 0.6 is 0 Å². The summed E-state index contributed by atoms with van der Waals surface area (Å²) in [5.41, 5.74) is 0. The predicted octanol–water partition coefficient (Wildman–Crippen LogP) is 0.672. The first-order valence-electron chi connectivity index (χ1n) is 0.812. The second-order valence-electron chi connectivity index (χ2n) is 0.264. The van der Waals surface area contributed by atoms with Crippen LogP contribution in [0.1, 0.15) is 0 Å². The highest BCUT2D eigenvalue weighted by Gasteiger charge is 1.63. The molecule has 0 aromatic carbocycles. The van der Waals surface area contributed by atoms with E-state index in [0.29, 0.717) is 0 Å². The molecule has 0 unspecified atom stereocenters. The van der Waals surface area contributed by atoms with Crippen LogP contribution in [0.5, 0.6) is 0 Å². The summed E-state index contributed by atoms with van der Waals surface area (Å²) in [5.74, 6) is 0. The topological polar surface area (TPSA) is 17.9 Å². The van der Waals surface area contributed by atoms with Crippen LogP contribution < -0.4 is 0 Å². The van der Waals surface area contributed by atoms with Gasteiger partial charge in [0.2, 0.25) is 0 Å². The van der Waals surface area contributed by atoms with Crippen molar-refractivity contribution in [3.05, 3.63) is 23.2 Å². The van der Waals surface area contributed by atoms with Gasteiger partial charge in [0.05, 0.1) is 0 Å². The molecular weight excluding hydrogens is 68.0 g/mol.